The molecule has 12 heavy (non-hydrogen) atoms. The fourth-order valence-electron chi connectivity index (χ4n) is 0.950. The smallest absolute Gasteiger partial charge is 0.133 e. The van der Waals surface area contributed by atoms with Gasteiger partial charge in [-0.3, -0.25) is 0 Å². The number of halogens is 1. The zero-order valence-corrected chi connectivity index (χ0v) is 7.73. The van der Waals surface area contributed by atoms with E-state index in [2.05, 4.69) is 16.9 Å². The van der Waals surface area contributed by atoms with Crippen LogP contribution in [0, 0.1) is 0 Å². The zero-order valence-electron chi connectivity index (χ0n) is 6.97. The van der Waals surface area contributed by atoms with E-state index < -0.39 is 0 Å². The van der Waals surface area contributed by atoms with E-state index in [9.17, 15) is 0 Å². The molecule has 0 fully saturated rings. The average molecular weight is 183 g/mol. The van der Waals surface area contributed by atoms with Crippen molar-refractivity contribution in [3.63, 3.8) is 0 Å². The third kappa shape index (κ3) is 1.77. The van der Waals surface area contributed by atoms with E-state index in [4.69, 9.17) is 11.6 Å². The van der Waals surface area contributed by atoms with Crippen molar-refractivity contribution in [3.8, 4) is 0 Å². The number of hydrogen-bond acceptors (Lipinski definition) is 2. The number of rotatable bonds is 3. The molecule has 0 amide bonds. The Bertz CT molecular complexity index is 284. The SMILES string of the molecule is C=Cc1ccc(CCl)nc1NC. The molecule has 1 aromatic rings. The van der Waals surface area contributed by atoms with Crippen molar-refractivity contribution < 1.29 is 0 Å². The standard InChI is InChI=1S/C9H11ClN2/c1-3-7-4-5-8(6-10)12-9(7)11-2/h3-5H,1,6H2,2H3,(H,11,12). The normalized spacial score (nSPS) is 9.50. The number of nitrogens with one attached hydrogen (secondary N) is 1. The number of hydrogen-bond donors (Lipinski definition) is 1. The van der Waals surface area contributed by atoms with Crippen molar-refractivity contribution in [1.29, 1.82) is 0 Å². The second-order valence-corrected chi connectivity index (χ2v) is 2.60. The third-order valence-corrected chi connectivity index (χ3v) is 1.85. The Morgan fingerprint density at radius 1 is 1.67 bits per heavy atom. The van der Waals surface area contributed by atoms with Crippen molar-refractivity contribution in [3.05, 3.63) is 30.0 Å². The molecule has 0 saturated heterocycles. The molecule has 1 heterocycles. The van der Waals surface area contributed by atoms with Gasteiger partial charge in [0.1, 0.15) is 5.82 Å². The highest BCUT2D eigenvalue weighted by molar-refractivity contribution is 6.16. The fraction of sp³-hybridized carbons (Fsp3) is 0.222. The minimum absolute atomic E-state index is 0.437. The van der Waals surface area contributed by atoms with Gasteiger partial charge in [-0.1, -0.05) is 12.7 Å². The lowest BCUT2D eigenvalue weighted by molar-refractivity contribution is 1.16. The maximum absolute atomic E-state index is 5.64. The van der Waals surface area contributed by atoms with Crippen LogP contribution in [0.3, 0.4) is 0 Å². The maximum Gasteiger partial charge on any atom is 0.133 e. The van der Waals surface area contributed by atoms with Crippen molar-refractivity contribution >= 4 is 23.5 Å². The number of nitrogens with zero attached hydrogens (tertiary/aromatic N) is 1. The molecule has 0 unspecified atom stereocenters. The van der Waals surface area contributed by atoms with Gasteiger partial charge in [-0.05, 0) is 12.1 Å². The summed E-state index contributed by atoms with van der Waals surface area (Å²) in [5.74, 6) is 1.26. The van der Waals surface area contributed by atoms with E-state index in [0.29, 0.717) is 5.88 Å². The molecule has 0 aliphatic heterocycles. The molecule has 0 aliphatic carbocycles. The van der Waals surface area contributed by atoms with Crippen LogP contribution in [0.1, 0.15) is 11.3 Å². The molecule has 0 atom stereocenters. The summed E-state index contributed by atoms with van der Waals surface area (Å²) in [5.41, 5.74) is 1.86. The molecule has 0 aromatic carbocycles. The van der Waals surface area contributed by atoms with E-state index in [0.717, 1.165) is 17.1 Å². The van der Waals surface area contributed by atoms with E-state index in [1.165, 1.54) is 0 Å². The molecule has 3 heteroatoms. The van der Waals surface area contributed by atoms with Crippen molar-refractivity contribution in [2.45, 2.75) is 5.88 Å². The van der Waals surface area contributed by atoms with E-state index in [-0.39, 0.29) is 0 Å². The molecule has 2 nitrogen and oxygen atoms in total. The molecule has 0 saturated carbocycles. The highest BCUT2D eigenvalue weighted by atomic mass is 35.5. The molecular weight excluding hydrogens is 172 g/mol. The lowest BCUT2D eigenvalue weighted by Crippen LogP contribution is -1.97. The first kappa shape index (κ1) is 9.07. The number of alkyl halides is 1. The van der Waals surface area contributed by atoms with Crippen LogP contribution in [0.5, 0.6) is 0 Å². The highest BCUT2D eigenvalue weighted by Gasteiger charge is 1.99. The summed E-state index contributed by atoms with van der Waals surface area (Å²) in [4.78, 5) is 4.27. The van der Waals surface area contributed by atoms with E-state index in [1.54, 1.807) is 6.08 Å². The van der Waals surface area contributed by atoms with E-state index >= 15 is 0 Å². The summed E-state index contributed by atoms with van der Waals surface area (Å²) < 4.78 is 0. The Hall–Kier alpha value is -1.02. The van der Waals surface area contributed by atoms with Crippen LogP contribution in [0.2, 0.25) is 0 Å². The summed E-state index contributed by atoms with van der Waals surface area (Å²) >= 11 is 5.64. The van der Waals surface area contributed by atoms with Gasteiger partial charge in [-0.2, -0.15) is 0 Å². The first-order valence-electron chi connectivity index (χ1n) is 3.68. The molecule has 1 N–H and O–H groups in total. The van der Waals surface area contributed by atoms with Crippen molar-refractivity contribution in [2.24, 2.45) is 0 Å². The van der Waals surface area contributed by atoms with Gasteiger partial charge in [0.25, 0.3) is 0 Å². The van der Waals surface area contributed by atoms with Gasteiger partial charge in [0, 0.05) is 12.6 Å². The zero-order chi connectivity index (χ0) is 8.97. The van der Waals surface area contributed by atoms with Crippen LogP contribution in [0.25, 0.3) is 6.08 Å². The molecule has 1 rings (SSSR count). The molecule has 0 spiro atoms. The number of anilines is 1. The minimum atomic E-state index is 0.437. The van der Waals surface area contributed by atoms with Crippen LogP contribution in [-0.4, -0.2) is 12.0 Å². The van der Waals surface area contributed by atoms with Crippen LogP contribution < -0.4 is 5.32 Å². The molecule has 0 radical (unpaired) electrons. The van der Waals surface area contributed by atoms with Crippen LogP contribution in [0.15, 0.2) is 18.7 Å². The van der Waals surface area contributed by atoms with Crippen molar-refractivity contribution in [2.75, 3.05) is 12.4 Å². The van der Waals surface area contributed by atoms with Gasteiger partial charge in [0.05, 0.1) is 11.6 Å². The number of pyridine rings is 1. The second-order valence-electron chi connectivity index (χ2n) is 2.33. The predicted molar refractivity (Wildman–Crippen MR) is 53.4 cm³/mol. The van der Waals surface area contributed by atoms with Gasteiger partial charge < -0.3 is 5.32 Å². The second kappa shape index (κ2) is 4.12. The average Bonchev–Trinajstić information content (AvgIpc) is 2.16. The monoisotopic (exact) mass is 182 g/mol. The summed E-state index contributed by atoms with van der Waals surface area (Å²) in [6, 6.07) is 3.84. The molecule has 0 bridgehead atoms. The van der Waals surface area contributed by atoms with Gasteiger partial charge in [0.15, 0.2) is 0 Å². The van der Waals surface area contributed by atoms with E-state index in [1.807, 2.05) is 19.2 Å². The first-order chi connectivity index (χ1) is 5.81. The van der Waals surface area contributed by atoms with Gasteiger partial charge >= 0.3 is 0 Å². The summed E-state index contributed by atoms with van der Waals surface area (Å²) in [7, 11) is 1.83. The Labute approximate surface area is 77.3 Å². The summed E-state index contributed by atoms with van der Waals surface area (Å²) in [6.45, 7) is 3.68. The lowest BCUT2D eigenvalue weighted by atomic mass is 10.2. The summed E-state index contributed by atoms with van der Waals surface area (Å²) in [5, 5.41) is 2.98. The van der Waals surface area contributed by atoms with Gasteiger partial charge in [-0.25, -0.2) is 4.98 Å². The fourth-order valence-corrected chi connectivity index (χ4v) is 1.10. The van der Waals surface area contributed by atoms with Gasteiger partial charge in [-0.15, -0.1) is 11.6 Å². The third-order valence-electron chi connectivity index (χ3n) is 1.58. The maximum atomic E-state index is 5.64. The topological polar surface area (TPSA) is 24.9 Å². The Morgan fingerprint density at radius 2 is 2.42 bits per heavy atom. The molecule has 0 aliphatic rings. The first-order valence-corrected chi connectivity index (χ1v) is 4.21. The van der Waals surface area contributed by atoms with Crippen LogP contribution >= 0.6 is 11.6 Å². The molecule has 64 valence electrons. The minimum Gasteiger partial charge on any atom is -0.373 e. The van der Waals surface area contributed by atoms with Crippen LogP contribution in [-0.2, 0) is 5.88 Å². The molecular formula is C9H11ClN2. The predicted octanol–water partition coefficient (Wildman–Crippen LogP) is 2.51. The Kier molecular flexibility index (Phi) is 3.11. The molecule has 1 aromatic heterocycles. The highest BCUT2D eigenvalue weighted by Crippen LogP contribution is 2.14. The summed E-state index contributed by atoms with van der Waals surface area (Å²) in [6.07, 6.45) is 1.76. The quantitative estimate of drug-likeness (QED) is 0.727. The van der Waals surface area contributed by atoms with Gasteiger partial charge in [0.2, 0.25) is 0 Å². The Morgan fingerprint density at radius 3 is 2.92 bits per heavy atom. The number of aromatic nitrogens is 1. The van der Waals surface area contributed by atoms with Crippen LogP contribution in [0.4, 0.5) is 5.82 Å². The largest absolute Gasteiger partial charge is 0.373 e. The van der Waals surface area contributed by atoms with Crippen molar-refractivity contribution in [1.82, 2.24) is 4.98 Å². The Balaban J connectivity index is 3.10. The lowest BCUT2D eigenvalue weighted by Gasteiger charge is -2.04.